The van der Waals surface area contributed by atoms with Gasteiger partial charge in [0.15, 0.2) is 0 Å². The first-order chi connectivity index (χ1) is 12.9. The number of methoxy groups -OCH3 is 2. The fraction of sp³-hybridized carbons (Fsp3) is 0.571. The lowest BCUT2D eigenvalue weighted by Gasteiger charge is -2.32. The van der Waals surface area contributed by atoms with Crippen molar-refractivity contribution in [2.24, 2.45) is 7.05 Å². The lowest BCUT2D eigenvalue weighted by Crippen LogP contribution is -2.41. The lowest BCUT2D eigenvalue weighted by molar-refractivity contribution is 0.00578. The van der Waals surface area contributed by atoms with Crippen molar-refractivity contribution in [2.75, 3.05) is 14.2 Å². The zero-order chi connectivity index (χ0) is 21.2. The van der Waals surface area contributed by atoms with Crippen LogP contribution in [0, 0.1) is 20.8 Å². The SMILES string of the molecule is COC(=O)c1c(C)c2c(OC)c(C)c(C)c(B3OC(C)(C)C(C)(C)O3)c2n1C. The number of hydrogen-bond donors (Lipinski definition) is 0. The van der Waals surface area contributed by atoms with Gasteiger partial charge in [-0.25, -0.2) is 4.79 Å². The summed E-state index contributed by atoms with van der Waals surface area (Å²) in [5.41, 5.74) is 4.22. The number of aromatic nitrogens is 1. The minimum absolute atomic E-state index is 0.381. The average Bonchev–Trinajstić information content (AvgIpc) is 2.98. The predicted molar refractivity (Wildman–Crippen MR) is 111 cm³/mol. The van der Waals surface area contributed by atoms with Crippen molar-refractivity contribution in [3.63, 3.8) is 0 Å². The Labute approximate surface area is 167 Å². The second-order valence-electron chi connectivity index (χ2n) is 8.53. The Balaban J connectivity index is 2.42. The van der Waals surface area contributed by atoms with Crippen LogP contribution in [0.5, 0.6) is 5.75 Å². The van der Waals surface area contributed by atoms with E-state index in [0.29, 0.717) is 5.69 Å². The summed E-state index contributed by atoms with van der Waals surface area (Å²) in [6.45, 7) is 14.1. The summed E-state index contributed by atoms with van der Waals surface area (Å²) in [6.07, 6.45) is 0. The van der Waals surface area contributed by atoms with Crippen LogP contribution >= 0.6 is 0 Å². The van der Waals surface area contributed by atoms with Crippen LogP contribution in [-0.4, -0.2) is 43.1 Å². The van der Waals surface area contributed by atoms with Gasteiger partial charge in [0.05, 0.1) is 30.9 Å². The van der Waals surface area contributed by atoms with Crippen molar-refractivity contribution < 1.29 is 23.6 Å². The van der Waals surface area contributed by atoms with Gasteiger partial charge in [0, 0.05) is 17.9 Å². The largest absolute Gasteiger partial charge is 0.497 e. The van der Waals surface area contributed by atoms with Crippen LogP contribution in [0.15, 0.2) is 0 Å². The van der Waals surface area contributed by atoms with Gasteiger partial charge in [-0.2, -0.15) is 0 Å². The molecule has 3 rings (SSSR count). The molecule has 7 heteroatoms. The smallest absolute Gasteiger partial charge is 0.496 e. The van der Waals surface area contributed by atoms with Gasteiger partial charge in [-0.15, -0.1) is 0 Å². The number of esters is 1. The Morgan fingerprint density at radius 2 is 1.50 bits per heavy atom. The fourth-order valence-corrected chi connectivity index (χ4v) is 4.05. The number of aryl methyl sites for hydroxylation is 2. The molecule has 1 fully saturated rings. The highest BCUT2D eigenvalue weighted by atomic mass is 16.7. The molecule has 0 N–H and O–H groups in total. The maximum absolute atomic E-state index is 12.5. The minimum Gasteiger partial charge on any atom is -0.496 e. The number of nitrogens with zero attached hydrogens (tertiary/aromatic N) is 1. The molecule has 0 atom stereocenters. The van der Waals surface area contributed by atoms with Crippen LogP contribution in [0.1, 0.15) is 54.9 Å². The van der Waals surface area contributed by atoms with E-state index in [-0.39, 0.29) is 5.97 Å². The van der Waals surface area contributed by atoms with E-state index in [1.54, 1.807) is 7.11 Å². The van der Waals surface area contributed by atoms with Crippen molar-refractivity contribution in [1.29, 1.82) is 0 Å². The number of benzene rings is 1. The Morgan fingerprint density at radius 3 is 1.96 bits per heavy atom. The first-order valence-electron chi connectivity index (χ1n) is 9.49. The quantitative estimate of drug-likeness (QED) is 0.598. The third-order valence-electron chi connectivity index (χ3n) is 6.50. The van der Waals surface area contributed by atoms with Gasteiger partial charge in [-0.3, -0.25) is 0 Å². The lowest BCUT2D eigenvalue weighted by atomic mass is 9.73. The van der Waals surface area contributed by atoms with Crippen LogP contribution < -0.4 is 10.2 Å². The standard InChI is InChI=1S/C21H30BNO5/c1-11-12(2)18(25-9)14-13(3)16(19(24)26-10)23(8)17(14)15(11)22-27-20(4,5)21(6,7)28-22/h1-10H3. The summed E-state index contributed by atoms with van der Waals surface area (Å²) in [6, 6.07) is 0. The molecule has 28 heavy (non-hydrogen) atoms. The molecule has 1 aromatic carbocycles. The minimum atomic E-state index is -0.546. The van der Waals surface area contributed by atoms with Gasteiger partial charge in [-0.1, -0.05) is 0 Å². The number of carbonyl (C=O) groups excluding carboxylic acids is 1. The number of fused-ring (bicyclic) bond motifs is 1. The van der Waals surface area contributed by atoms with E-state index in [1.165, 1.54) is 7.11 Å². The molecule has 1 aliphatic rings. The molecule has 0 spiro atoms. The number of carbonyl (C=O) groups is 1. The molecule has 2 heterocycles. The first kappa shape index (κ1) is 20.7. The van der Waals surface area contributed by atoms with Gasteiger partial charge in [0.1, 0.15) is 11.4 Å². The van der Waals surface area contributed by atoms with Gasteiger partial charge in [0.25, 0.3) is 0 Å². The van der Waals surface area contributed by atoms with Crippen molar-refractivity contribution in [3.05, 3.63) is 22.4 Å². The summed E-state index contributed by atoms with van der Waals surface area (Å²) in [5.74, 6) is 0.379. The van der Waals surface area contributed by atoms with E-state index in [4.69, 9.17) is 18.8 Å². The summed E-state index contributed by atoms with van der Waals surface area (Å²) in [5, 5.41) is 0.887. The zero-order valence-electron chi connectivity index (χ0n) is 18.6. The Kier molecular flexibility index (Phi) is 4.83. The van der Waals surface area contributed by atoms with Gasteiger partial charge < -0.3 is 23.3 Å². The maximum atomic E-state index is 12.5. The summed E-state index contributed by atoms with van der Waals surface area (Å²) >= 11 is 0. The van der Waals surface area contributed by atoms with Crippen molar-refractivity contribution in [1.82, 2.24) is 4.57 Å². The van der Waals surface area contributed by atoms with E-state index < -0.39 is 18.3 Å². The van der Waals surface area contributed by atoms with Crippen LogP contribution in [0.4, 0.5) is 0 Å². The van der Waals surface area contributed by atoms with Crippen molar-refractivity contribution in [3.8, 4) is 5.75 Å². The molecule has 0 bridgehead atoms. The normalized spacial score (nSPS) is 18.0. The summed E-state index contributed by atoms with van der Waals surface area (Å²) in [4.78, 5) is 12.5. The molecular formula is C21H30BNO5. The Morgan fingerprint density at radius 1 is 0.964 bits per heavy atom. The van der Waals surface area contributed by atoms with E-state index in [2.05, 4.69) is 0 Å². The zero-order valence-corrected chi connectivity index (χ0v) is 18.6. The van der Waals surface area contributed by atoms with E-state index >= 15 is 0 Å². The highest BCUT2D eigenvalue weighted by Gasteiger charge is 2.53. The molecule has 0 saturated carbocycles. The van der Waals surface area contributed by atoms with E-state index in [0.717, 1.165) is 38.8 Å². The van der Waals surface area contributed by atoms with Crippen molar-refractivity contribution in [2.45, 2.75) is 59.7 Å². The molecule has 0 unspecified atom stereocenters. The van der Waals surface area contributed by atoms with Crippen LogP contribution in [-0.2, 0) is 21.1 Å². The molecule has 1 saturated heterocycles. The highest BCUT2D eigenvalue weighted by molar-refractivity contribution is 6.65. The second kappa shape index (κ2) is 6.53. The molecule has 1 aliphatic heterocycles. The van der Waals surface area contributed by atoms with Crippen LogP contribution in [0.25, 0.3) is 10.9 Å². The highest BCUT2D eigenvalue weighted by Crippen LogP contribution is 2.41. The van der Waals surface area contributed by atoms with Crippen molar-refractivity contribution >= 4 is 29.5 Å². The first-order valence-corrected chi connectivity index (χ1v) is 9.49. The van der Waals surface area contributed by atoms with E-state index in [9.17, 15) is 4.79 Å². The van der Waals surface area contributed by atoms with Gasteiger partial charge in [0.2, 0.25) is 0 Å². The second-order valence-corrected chi connectivity index (χ2v) is 8.53. The summed E-state index contributed by atoms with van der Waals surface area (Å²) in [7, 11) is 4.36. The molecule has 0 aliphatic carbocycles. The molecule has 0 radical (unpaired) electrons. The monoisotopic (exact) mass is 387 g/mol. The van der Waals surface area contributed by atoms with E-state index in [1.807, 2.05) is 60.1 Å². The molecule has 1 aromatic heterocycles. The average molecular weight is 387 g/mol. The maximum Gasteiger partial charge on any atom is 0.497 e. The predicted octanol–water partition coefficient (Wildman–Crippen LogP) is 3.20. The third kappa shape index (κ3) is 2.67. The molecule has 0 amide bonds. The third-order valence-corrected chi connectivity index (χ3v) is 6.50. The summed E-state index contributed by atoms with van der Waals surface area (Å²) < 4.78 is 25.4. The number of rotatable bonds is 3. The Bertz CT molecular complexity index is 958. The van der Waals surface area contributed by atoms with Gasteiger partial charge in [-0.05, 0) is 65.2 Å². The van der Waals surface area contributed by atoms with Crippen LogP contribution in [0.2, 0.25) is 0 Å². The van der Waals surface area contributed by atoms with Gasteiger partial charge >= 0.3 is 13.1 Å². The Hall–Kier alpha value is -1.99. The topological polar surface area (TPSA) is 58.9 Å². The molecule has 2 aromatic rings. The number of hydrogen-bond acceptors (Lipinski definition) is 5. The number of ether oxygens (including phenoxy) is 2. The van der Waals surface area contributed by atoms with Crippen LogP contribution in [0.3, 0.4) is 0 Å². The fourth-order valence-electron chi connectivity index (χ4n) is 4.05. The molecule has 152 valence electrons. The molecular weight excluding hydrogens is 357 g/mol. The molecule has 6 nitrogen and oxygen atoms in total.